The normalized spacial score (nSPS) is 10.2. The second-order valence-electron chi connectivity index (χ2n) is 3.45. The van der Waals surface area contributed by atoms with E-state index in [0.717, 1.165) is 0 Å². The zero-order valence-electron chi connectivity index (χ0n) is 8.99. The predicted molar refractivity (Wildman–Crippen MR) is 58.4 cm³/mol. The fraction of sp³-hybridized carbons (Fsp3) is 0.0909. The van der Waals surface area contributed by atoms with Crippen LogP contribution in [0.5, 0.6) is 0 Å². The number of pyridine rings is 1. The molecule has 0 saturated carbocycles. The molecule has 0 aromatic carbocycles. The molecule has 2 heterocycles. The molecule has 2 aromatic heterocycles. The Hall–Kier alpha value is -2.50. The number of carbonyl (C=O) groups excluding carboxylic acids is 1. The number of aryl methyl sites for hydroxylation is 1. The van der Waals surface area contributed by atoms with Crippen LogP contribution < -0.4 is 0 Å². The Kier molecular flexibility index (Phi) is 2.70. The summed E-state index contributed by atoms with van der Waals surface area (Å²) < 4.78 is 1.37. The lowest BCUT2D eigenvalue weighted by Crippen LogP contribution is -1.98. The molecular formula is C11H9N3O3. The van der Waals surface area contributed by atoms with Gasteiger partial charge in [-0.3, -0.25) is 4.79 Å². The fourth-order valence-corrected chi connectivity index (χ4v) is 1.39. The molecule has 0 atom stereocenters. The van der Waals surface area contributed by atoms with Gasteiger partial charge in [-0.2, -0.15) is 5.10 Å². The van der Waals surface area contributed by atoms with Crippen LogP contribution in [0.3, 0.4) is 0 Å². The maximum absolute atomic E-state index is 10.8. The lowest BCUT2D eigenvalue weighted by atomic mass is 10.3. The van der Waals surface area contributed by atoms with Crippen molar-refractivity contribution in [2.24, 2.45) is 0 Å². The van der Waals surface area contributed by atoms with E-state index < -0.39 is 5.97 Å². The third kappa shape index (κ3) is 2.05. The molecule has 2 aromatic rings. The van der Waals surface area contributed by atoms with Crippen LogP contribution in [-0.2, 0) is 0 Å². The summed E-state index contributed by atoms with van der Waals surface area (Å²) in [7, 11) is 0. The van der Waals surface area contributed by atoms with Crippen LogP contribution in [0.15, 0.2) is 24.5 Å². The number of aldehydes is 1. The van der Waals surface area contributed by atoms with Crippen molar-refractivity contribution in [2.45, 2.75) is 6.92 Å². The minimum Gasteiger partial charge on any atom is -0.478 e. The number of hydrogen-bond acceptors (Lipinski definition) is 4. The highest BCUT2D eigenvalue weighted by Gasteiger charge is 2.12. The van der Waals surface area contributed by atoms with Crippen molar-refractivity contribution in [2.75, 3.05) is 0 Å². The highest BCUT2D eigenvalue weighted by molar-refractivity contribution is 5.88. The number of aromatic nitrogens is 3. The van der Waals surface area contributed by atoms with Crippen molar-refractivity contribution in [1.29, 1.82) is 0 Å². The minimum absolute atomic E-state index is 0.131. The first kappa shape index (κ1) is 11.0. The summed E-state index contributed by atoms with van der Waals surface area (Å²) in [5, 5.41) is 12.9. The number of carboxylic acid groups (broad SMARTS) is 1. The quantitative estimate of drug-likeness (QED) is 0.799. The number of hydrogen-bond donors (Lipinski definition) is 1. The van der Waals surface area contributed by atoms with Crippen LogP contribution in [0.1, 0.15) is 26.4 Å². The van der Waals surface area contributed by atoms with Crippen LogP contribution >= 0.6 is 0 Å². The first-order valence-electron chi connectivity index (χ1n) is 4.83. The van der Waals surface area contributed by atoms with Crippen molar-refractivity contribution in [3.63, 3.8) is 0 Å². The minimum atomic E-state index is -1.03. The first-order valence-corrected chi connectivity index (χ1v) is 4.83. The average molecular weight is 231 g/mol. The molecule has 0 fully saturated rings. The smallest absolute Gasteiger partial charge is 0.339 e. The van der Waals surface area contributed by atoms with Gasteiger partial charge in [-0.05, 0) is 19.1 Å². The summed E-state index contributed by atoms with van der Waals surface area (Å²) in [6.45, 7) is 1.61. The molecule has 0 bridgehead atoms. The van der Waals surface area contributed by atoms with Gasteiger partial charge in [-0.15, -0.1) is 0 Å². The molecule has 0 aliphatic heterocycles. The van der Waals surface area contributed by atoms with E-state index >= 15 is 0 Å². The SMILES string of the molecule is Cc1nn(-c2ccc(C=O)cn2)cc1C(=O)O. The van der Waals surface area contributed by atoms with Gasteiger partial charge in [0.2, 0.25) is 0 Å². The van der Waals surface area contributed by atoms with E-state index in [2.05, 4.69) is 10.1 Å². The molecule has 6 nitrogen and oxygen atoms in total. The monoisotopic (exact) mass is 231 g/mol. The van der Waals surface area contributed by atoms with Crippen molar-refractivity contribution in [3.8, 4) is 5.82 Å². The van der Waals surface area contributed by atoms with Crippen LogP contribution in [-0.4, -0.2) is 32.1 Å². The zero-order valence-corrected chi connectivity index (χ0v) is 8.99. The molecule has 0 aliphatic rings. The van der Waals surface area contributed by atoms with Crippen molar-refractivity contribution in [3.05, 3.63) is 41.3 Å². The van der Waals surface area contributed by atoms with Crippen LogP contribution in [0.4, 0.5) is 0 Å². The lowest BCUT2D eigenvalue weighted by molar-refractivity contribution is 0.0696. The maximum atomic E-state index is 10.8. The molecule has 0 unspecified atom stereocenters. The van der Waals surface area contributed by atoms with Gasteiger partial charge in [0, 0.05) is 18.0 Å². The summed E-state index contributed by atoms with van der Waals surface area (Å²) in [5.74, 6) is -0.565. The van der Waals surface area contributed by atoms with Crippen LogP contribution in [0, 0.1) is 6.92 Å². The summed E-state index contributed by atoms with van der Waals surface area (Å²) in [6, 6.07) is 3.19. The van der Waals surface area contributed by atoms with E-state index in [1.54, 1.807) is 19.1 Å². The van der Waals surface area contributed by atoms with E-state index in [1.165, 1.54) is 17.1 Å². The van der Waals surface area contributed by atoms with Gasteiger partial charge in [0.15, 0.2) is 12.1 Å². The number of nitrogens with zero attached hydrogens (tertiary/aromatic N) is 3. The Balaban J connectivity index is 2.42. The van der Waals surface area contributed by atoms with E-state index in [-0.39, 0.29) is 5.56 Å². The zero-order chi connectivity index (χ0) is 12.4. The standard InChI is InChI=1S/C11H9N3O3/c1-7-9(11(16)17)5-14(13-7)10-3-2-8(6-15)4-12-10/h2-6H,1H3,(H,16,17). The van der Waals surface area contributed by atoms with E-state index in [9.17, 15) is 9.59 Å². The molecule has 17 heavy (non-hydrogen) atoms. The highest BCUT2D eigenvalue weighted by Crippen LogP contribution is 2.10. The highest BCUT2D eigenvalue weighted by atomic mass is 16.4. The van der Waals surface area contributed by atoms with E-state index in [0.29, 0.717) is 23.4 Å². The number of aromatic carboxylic acids is 1. The number of rotatable bonds is 3. The molecule has 6 heteroatoms. The molecular weight excluding hydrogens is 222 g/mol. The predicted octanol–water partition coefficient (Wildman–Crippen LogP) is 1.09. The van der Waals surface area contributed by atoms with Gasteiger partial charge >= 0.3 is 5.97 Å². The molecule has 0 radical (unpaired) electrons. The summed E-state index contributed by atoms with van der Waals surface area (Å²) in [5.41, 5.74) is 1.00. The van der Waals surface area contributed by atoms with Gasteiger partial charge in [-0.1, -0.05) is 0 Å². The second-order valence-corrected chi connectivity index (χ2v) is 3.45. The van der Waals surface area contributed by atoms with Gasteiger partial charge in [0.05, 0.1) is 5.69 Å². The molecule has 0 aliphatic carbocycles. The second kappa shape index (κ2) is 4.17. The Morgan fingerprint density at radius 2 is 2.24 bits per heavy atom. The molecule has 0 spiro atoms. The molecule has 86 valence electrons. The van der Waals surface area contributed by atoms with Crippen LogP contribution in [0.25, 0.3) is 5.82 Å². The Bertz CT molecular complexity index is 572. The molecule has 2 rings (SSSR count). The van der Waals surface area contributed by atoms with Crippen molar-refractivity contribution < 1.29 is 14.7 Å². The third-order valence-corrected chi connectivity index (χ3v) is 2.27. The van der Waals surface area contributed by atoms with Crippen LogP contribution in [0.2, 0.25) is 0 Å². The Morgan fingerprint density at radius 3 is 2.71 bits per heavy atom. The number of carboxylic acids is 1. The van der Waals surface area contributed by atoms with Gasteiger partial charge < -0.3 is 5.11 Å². The maximum Gasteiger partial charge on any atom is 0.339 e. The lowest BCUT2D eigenvalue weighted by Gasteiger charge is -1.98. The van der Waals surface area contributed by atoms with E-state index in [4.69, 9.17) is 5.11 Å². The first-order chi connectivity index (χ1) is 8.11. The Labute approximate surface area is 96.5 Å². The summed E-state index contributed by atoms with van der Waals surface area (Å²) in [6.07, 6.45) is 3.48. The topological polar surface area (TPSA) is 85.1 Å². The fourth-order valence-electron chi connectivity index (χ4n) is 1.39. The number of carbonyl (C=O) groups is 2. The van der Waals surface area contributed by atoms with Crippen molar-refractivity contribution in [1.82, 2.24) is 14.8 Å². The summed E-state index contributed by atoms with van der Waals surface area (Å²) in [4.78, 5) is 25.3. The molecule has 0 saturated heterocycles. The van der Waals surface area contributed by atoms with Gasteiger partial charge in [0.25, 0.3) is 0 Å². The Morgan fingerprint density at radius 1 is 1.47 bits per heavy atom. The van der Waals surface area contributed by atoms with E-state index in [1.807, 2.05) is 0 Å². The molecule has 1 N–H and O–H groups in total. The average Bonchev–Trinajstić information content (AvgIpc) is 2.71. The van der Waals surface area contributed by atoms with Gasteiger partial charge in [-0.25, -0.2) is 14.5 Å². The van der Waals surface area contributed by atoms with Crippen molar-refractivity contribution >= 4 is 12.3 Å². The molecule has 0 amide bonds. The third-order valence-electron chi connectivity index (χ3n) is 2.27. The summed E-state index contributed by atoms with van der Waals surface area (Å²) >= 11 is 0. The van der Waals surface area contributed by atoms with Gasteiger partial charge in [0.1, 0.15) is 5.56 Å². The largest absolute Gasteiger partial charge is 0.478 e.